The monoisotopic (exact) mass is 462 g/mol. The number of carbonyl (C=O) groups excluding carboxylic acids is 2. The predicted octanol–water partition coefficient (Wildman–Crippen LogP) is 3.57. The molecular weight excluding hydrogens is 432 g/mol. The van der Waals surface area contributed by atoms with Crippen LogP contribution in [0.1, 0.15) is 39.3 Å². The summed E-state index contributed by atoms with van der Waals surface area (Å²) in [6, 6.07) is 4.79. The van der Waals surface area contributed by atoms with E-state index in [-0.39, 0.29) is 24.4 Å². The Hall–Kier alpha value is -2.52. The molecule has 1 amide bonds. The zero-order chi connectivity index (χ0) is 23.4. The first-order chi connectivity index (χ1) is 15.3. The highest BCUT2D eigenvalue weighted by molar-refractivity contribution is 8.15. The lowest BCUT2D eigenvalue weighted by Crippen LogP contribution is -2.40. The Labute approximate surface area is 192 Å². The van der Waals surface area contributed by atoms with Gasteiger partial charge in [0.05, 0.1) is 42.9 Å². The van der Waals surface area contributed by atoms with E-state index in [2.05, 4.69) is 18.8 Å². The number of hydrogen-bond donors (Lipinski definition) is 0. The molecule has 1 fully saturated rings. The van der Waals surface area contributed by atoms with E-state index in [4.69, 9.17) is 18.9 Å². The number of benzene rings is 1. The smallest absolute Gasteiger partial charge is 0.338 e. The molecule has 9 heteroatoms. The molecule has 1 aromatic rings. The lowest BCUT2D eigenvalue weighted by molar-refractivity contribution is -0.141. The molecule has 0 saturated carbocycles. The van der Waals surface area contributed by atoms with Gasteiger partial charge in [-0.25, -0.2) is 9.79 Å². The van der Waals surface area contributed by atoms with Crippen LogP contribution in [0.2, 0.25) is 0 Å². The molecule has 32 heavy (non-hydrogen) atoms. The number of thioether (sulfide) groups is 1. The summed E-state index contributed by atoms with van der Waals surface area (Å²) in [6.07, 6.45) is 0. The molecule has 2 aliphatic heterocycles. The number of nitrogens with zero attached hydrogens (tertiary/aromatic N) is 2. The van der Waals surface area contributed by atoms with Gasteiger partial charge in [-0.15, -0.1) is 0 Å². The number of allylic oxidation sites excluding steroid dienone is 1. The van der Waals surface area contributed by atoms with Gasteiger partial charge >= 0.3 is 5.97 Å². The second kappa shape index (κ2) is 10.4. The van der Waals surface area contributed by atoms with Crippen LogP contribution in [0.15, 0.2) is 34.5 Å². The minimum atomic E-state index is -0.671. The lowest BCUT2D eigenvalue weighted by atomic mass is 9.94. The van der Waals surface area contributed by atoms with Crippen LogP contribution in [-0.2, 0) is 19.1 Å². The van der Waals surface area contributed by atoms with Crippen molar-refractivity contribution in [3.63, 3.8) is 0 Å². The second-order valence-electron chi connectivity index (χ2n) is 8.01. The van der Waals surface area contributed by atoms with Crippen molar-refractivity contribution in [1.29, 1.82) is 0 Å². The van der Waals surface area contributed by atoms with E-state index in [1.54, 1.807) is 25.0 Å². The fourth-order valence-electron chi connectivity index (χ4n) is 3.50. The van der Waals surface area contributed by atoms with Gasteiger partial charge < -0.3 is 18.9 Å². The molecule has 2 atom stereocenters. The van der Waals surface area contributed by atoms with Crippen molar-refractivity contribution in [2.75, 3.05) is 34.0 Å². The van der Waals surface area contributed by atoms with Crippen LogP contribution in [0.5, 0.6) is 11.5 Å². The quantitative estimate of drug-likeness (QED) is 0.410. The van der Waals surface area contributed by atoms with Crippen molar-refractivity contribution < 1.29 is 28.5 Å². The highest BCUT2D eigenvalue weighted by atomic mass is 32.2. The number of fused-ring (bicyclic) bond motifs is 1. The third-order valence-electron chi connectivity index (χ3n) is 5.07. The third kappa shape index (κ3) is 4.94. The van der Waals surface area contributed by atoms with E-state index in [0.29, 0.717) is 46.0 Å². The SMILES string of the molecule is COCCOC(=O)C1=C(C)N=C2S[C@H](C)C(=O)N2[C@H]1c1ccc(OCC(C)C)c(OC)c1. The van der Waals surface area contributed by atoms with E-state index < -0.39 is 12.0 Å². The summed E-state index contributed by atoms with van der Waals surface area (Å²) in [7, 11) is 3.10. The first kappa shape index (κ1) is 24.1. The van der Waals surface area contributed by atoms with Gasteiger partial charge in [0.15, 0.2) is 16.7 Å². The number of amides is 1. The molecule has 3 rings (SSSR count). The minimum absolute atomic E-state index is 0.104. The van der Waals surface area contributed by atoms with Crippen LogP contribution in [0.4, 0.5) is 0 Å². The second-order valence-corrected chi connectivity index (χ2v) is 9.32. The van der Waals surface area contributed by atoms with Crippen LogP contribution < -0.4 is 9.47 Å². The molecule has 0 aliphatic carbocycles. The Bertz CT molecular complexity index is 942. The van der Waals surface area contributed by atoms with Crippen molar-refractivity contribution in [3.8, 4) is 11.5 Å². The molecule has 0 aromatic heterocycles. The Balaban J connectivity index is 2.03. The van der Waals surface area contributed by atoms with Crippen molar-refractivity contribution in [2.24, 2.45) is 10.9 Å². The Morgan fingerprint density at radius 2 is 1.97 bits per heavy atom. The first-order valence-electron chi connectivity index (χ1n) is 10.5. The normalized spacial score (nSPS) is 20.4. The maximum atomic E-state index is 13.0. The number of ether oxygens (including phenoxy) is 4. The molecule has 1 aromatic carbocycles. The number of esters is 1. The predicted molar refractivity (Wildman–Crippen MR) is 123 cm³/mol. The van der Waals surface area contributed by atoms with E-state index in [1.165, 1.54) is 18.9 Å². The van der Waals surface area contributed by atoms with Gasteiger partial charge in [-0.3, -0.25) is 9.69 Å². The summed E-state index contributed by atoms with van der Waals surface area (Å²) in [6.45, 7) is 8.66. The van der Waals surface area contributed by atoms with Crippen molar-refractivity contribution in [3.05, 3.63) is 35.0 Å². The number of aliphatic imine (C=N–C) groups is 1. The zero-order valence-corrected chi connectivity index (χ0v) is 20.2. The summed E-state index contributed by atoms with van der Waals surface area (Å²) in [5.41, 5.74) is 1.57. The van der Waals surface area contributed by atoms with Gasteiger partial charge in [0.1, 0.15) is 6.61 Å². The van der Waals surface area contributed by atoms with Crippen LogP contribution in [0.3, 0.4) is 0 Å². The number of carbonyl (C=O) groups is 2. The maximum absolute atomic E-state index is 13.0. The molecule has 2 aliphatic rings. The largest absolute Gasteiger partial charge is 0.493 e. The van der Waals surface area contributed by atoms with Crippen LogP contribution >= 0.6 is 11.8 Å². The average molecular weight is 463 g/mol. The molecular formula is C23H30N2O6S. The molecule has 0 radical (unpaired) electrons. The van der Waals surface area contributed by atoms with Gasteiger partial charge in [0, 0.05) is 7.11 Å². The van der Waals surface area contributed by atoms with Gasteiger partial charge in [-0.1, -0.05) is 31.7 Å². The fourth-order valence-corrected chi connectivity index (χ4v) is 4.53. The molecule has 2 heterocycles. The summed E-state index contributed by atoms with van der Waals surface area (Å²) in [5.74, 6) is 0.868. The first-order valence-corrected chi connectivity index (χ1v) is 11.4. The summed E-state index contributed by atoms with van der Waals surface area (Å²) >= 11 is 1.38. The topological polar surface area (TPSA) is 86.7 Å². The Kier molecular flexibility index (Phi) is 7.84. The number of rotatable bonds is 9. The van der Waals surface area contributed by atoms with Crippen LogP contribution in [0.25, 0.3) is 0 Å². The van der Waals surface area contributed by atoms with Crippen molar-refractivity contribution in [1.82, 2.24) is 4.90 Å². The average Bonchev–Trinajstić information content (AvgIpc) is 3.04. The van der Waals surface area contributed by atoms with E-state index in [1.807, 2.05) is 19.1 Å². The molecule has 1 saturated heterocycles. The zero-order valence-electron chi connectivity index (χ0n) is 19.3. The van der Waals surface area contributed by atoms with Gasteiger partial charge in [-0.2, -0.15) is 0 Å². The van der Waals surface area contributed by atoms with Gasteiger partial charge in [0.2, 0.25) is 5.91 Å². The Morgan fingerprint density at radius 3 is 2.62 bits per heavy atom. The Morgan fingerprint density at radius 1 is 1.22 bits per heavy atom. The number of amidine groups is 1. The van der Waals surface area contributed by atoms with Crippen molar-refractivity contribution in [2.45, 2.75) is 39.0 Å². The van der Waals surface area contributed by atoms with E-state index in [0.717, 1.165) is 0 Å². The van der Waals surface area contributed by atoms with Gasteiger partial charge in [-0.05, 0) is 37.5 Å². The van der Waals surface area contributed by atoms with Crippen LogP contribution in [0, 0.1) is 5.92 Å². The van der Waals surface area contributed by atoms with E-state index in [9.17, 15) is 9.59 Å². The van der Waals surface area contributed by atoms with Crippen LogP contribution in [-0.4, -0.2) is 61.2 Å². The molecule has 0 bridgehead atoms. The highest BCUT2D eigenvalue weighted by Gasteiger charge is 2.46. The molecule has 8 nitrogen and oxygen atoms in total. The van der Waals surface area contributed by atoms with E-state index >= 15 is 0 Å². The molecule has 174 valence electrons. The summed E-state index contributed by atoms with van der Waals surface area (Å²) in [4.78, 5) is 32.2. The lowest BCUT2D eigenvalue weighted by Gasteiger charge is -2.33. The molecule has 0 unspecified atom stereocenters. The molecule has 0 spiro atoms. The summed E-state index contributed by atoms with van der Waals surface area (Å²) < 4.78 is 21.8. The number of methoxy groups -OCH3 is 2. The fraction of sp³-hybridized carbons (Fsp3) is 0.522. The molecule has 0 N–H and O–H groups in total. The summed E-state index contributed by atoms with van der Waals surface area (Å²) in [5, 5.41) is 0.293. The minimum Gasteiger partial charge on any atom is -0.493 e. The standard InChI is InChI=1S/C23H30N2O6S/c1-13(2)12-31-17-8-7-16(11-18(17)29-6)20-19(22(27)30-10-9-28-5)14(3)24-23-25(20)21(26)15(4)32-23/h7-8,11,13,15,20H,9-10,12H2,1-6H3/t15-,20+/m1/s1. The highest BCUT2D eigenvalue weighted by Crippen LogP contribution is 2.44. The number of hydrogen-bond acceptors (Lipinski definition) is 8. The van der Waals surface area contributed by atoms with Gasteiger partial charge in [0.25, 0.3) is 0 Å². The maximum Gasteiger partial charge on any atom is 0.338 e. The third-order valence-corrected chi connectivity index (χ3v) is 6.13. The van der Waals surface area contributed by atoms with Crippen molar-refractivity contribution >= 4 is 28.8 Å².